The Bertz CT molecular complexity index is 665. The monoisotopic (exact) mass is 286 g/mol. The number of likely N-dealkylation sites (tertiary alicyclic amines) is 1. The number of carbonyl (C=O) groups is 2. The fraction of sp³-hybridized carbons (Fsp3) is 0.267. The summed E-state index contributed by atoms with van der Waals surface area (Å²) in [6.45, 7) is 0.434. The highest BCUT2D eigenvalue weighted by Gasteiger charge is 2.35. The van der Waals surface area contributed by atoms with E-state index in [2.05, 4.69) is 4.98 Å². The maximum absolute atomic E-state index is 12.3. The molecule has 1 aliphatic rings. The quantitative estimate of drug-likeness (QED) is 0.933. The summed E-state index contributed by atoms with van der Waals surface area (Å²) in [6, 6.07) is 8.46. The lowest BCUT2D eigenvalue weighted by molar-refractivity contribution is -0.141. The highest BCUT2D eigenvalue weighted by molar-refractivity contribution is 5.95. The normalized spacial score (nSPS) is 17.9. The molecule has 1 amide bonds. The van der Waals surface area contributed by atoms with Crippen molar-refractivity contribution in [3.63, 3.8) is 0 Å². The van der Waals surface area contributed by atoms with Gasteiger partial charge in [-0.3, -0.25) is 4.79 Å². The Morgan fingerprint density at radius 2 is 2.05 bits per heavy atom. The van der Waals surface area contributed by atoms with Gasteiger partial charge in [0.1, 0.15) is 12.3 Å². The molecule has 108 valence electrons. The van der Waals surface area contributed by atoms with Crippen LogP contribution in [0.5, 0.6) is 0 Å². The lowest BCUT2D eigenvalue weighted by Gasteiger charge is -2.19. The fourth-order valence-electron chi connectivity index (χ4n) is 2.50. The van der Waals surface area contributed by atoms with E-state index < -0.39 is 17.9 Å². The van der Waals surface area contributed by atoms with Crippen molar-refractivity contribution < 1.29 is 19.1 Å². The molecule has 1 fully saturated rings. The number of nitrogens with zero attached hydrogens (tertiary/aromatic N) is 2. The molecule has 0 bridgehead atoms. The van der Waals surface area contributed by atoms with Crippen LogP contribution in [0.25, 0.3) is 11.5 Å². The number of hydrogen-bond donors (Lipinski definition) is 1. The molecule has 3 rings (SSSR count). The van der Waals surface area contributed by atoms with Crippen LogP contribution >= 0.6 is 0 Å². The molecule has 1 atom stereocenters. The van der Waals surface area contributed by atoms with E-state index in [4.69, 9.17) is 9.52 Å². The van der Waals surface area contributed by atoms with Crippen LogP contribution < -0.4 is 0 Å². The standard InChI is InChI=1S/C15H14N2O4/c18-14(17-8-4-7-12(17)15(19)20)11-9-21-13(16-11)10-5-2-1-3-6-10/h1-3,5-6,9,12H,4,7-8H2,(H,19,20)/t12-/m1/s1. The zero-order valence-corrected chi connectivity index (χ0v) is 11.2. The van der Waals surface area contributed by atoms with Crippen LogP contribution in [0.15, 0.2) is 41.0 Å². The SMILES string of the molecule is O=C(O)[C@H]1CCCN1C(=O)c1coc(-c2ccccc2)n1. The van der Waals surface area contributed by atoms with Gasteiger partial charge in [0.05, 0.1) is 0 Å². The number of aliphatic carboxylic acids is 1. The van der Waals surface area contributed by atoms with E-state index in [1.807, 2.05) is 30.3 Å². The first-order chi connectivity index (χ1) is 10.2. The van der Waals surface area contributed by atoms with Gasteiger partial charge in [-0.2, -0.15) is 0 Å². The fourth-order valence-corrected chi connectivity index (χ4v) is 2.50. The molecule has 21 heavy (non-hydrogen) atoms. The first-order valence-corrected chi connectivity index (χ1v) is 6.71. The zero-order chi connectivity index (χ0) is 14.8. The van der Waals surface area contributed by atoms with Crippen LogP contribution in [0.3, 0.4) is 0 Å². The maximum Gasteiger partial charge on any atom is 0.326 e. The number of amides is 1. The number of oxazole rings is 1. The van der Waals surface area contributed by atoms with Gasteiger partial charge in [0.2, 0.25) is 5.89 Å². The van der Waals surface area contributed by atoms with E-state index in [0.29, 0.717) is 25.3 Å². The summed E-state index contributed by atoms with van der Waals surface area (Å²) in [5, 5.41) is 9.12. The second kappa shape index (κ2) is 5.40. The van der Waals surface area contributed by atoms with Crippen molar-refractivity contribution in [2.24, 2.45) is 0 Å². The van der Waals surface area contributed by atoms with Crippen LogP contribution in [0.2, 0.25) is 0 Å². The number of hydrogen-bond acceptors (Lipinski definition) is 4. The Morgan fingerprint density at radius 3 is 2.76 bits per heavy atom. The predicted molar refractivity (Wildman–Crippen MR) is 73.6 cm³/mol. The maximum atomic E-state index is 12.3. The Hall–Kier alpha value is -2.63. The highest BCUT2D eigenvalue weighted by atomic mass is 16.4. The number of aromatic nitrogens is 1. The van der Waals surface area contributed by atoms with E-state index in [9.17, 15) is 9.59 Å². The molecular weight excluding hydrogens is 272 g/mol. The van der Waals surface area contributed by atoms with Gasteiger partial charge in [-0.05, 0) is 25.0 Å². The minimum atomic E-state index is -0.979. The summed E-state index contributed by atoms with van der Waals surface area (Å²) in [5.74, 6) is -1.02. The summed E-state index contributed by atoms with van der Waals surface area (Å²) in [5.41, 5.74) is 0.912. The van der Waals surface area contributed by atoms with Gasteiger partial charge in [0.25, 0.3) is 5.91 Å². The van der Waals surface area contributed by atoms with Gasteiger partial charge in [-0.25, -0.2) is 9.78 Å². The van der Waals surface area contributed by atoms with Gasteiger partial charge in [-0.1, -0.05) is 18.2 Å². The van der Waals surface area contributed by atoms with E-state index in [-0.39, 0.29) is 5.69 Å². The third-order valence-electron chi connectivity index (χ3n) is 3.54. The summed E-state index contributed by atoms with van der Waals surface area (Å²) in [4.78, 5) is 29.0. The molecule has 6 heteroatoms. The molecule has 1 aliphatic heterocycles. The lowest BCUT2D eigenvalue weighted by atomic mass is 10.2. The van der Waals surface area contributed by atoms with Crippen molar-refractivity contribution in [3.05, 3.63) is 42.3 Å². The average Bonchev–Trinajstić information content (AvgIpc) is 3.17. The largest absolute Gasteiger partial charge is 0.480 e. The van der Waals surface area contributed by atoms with Gasteiger partial charge >= 0.3 is 5.97 Å². The number of benzene rings is 1. The molecular formula is C15H14N2O4. The van der Waals surface area contributed by atoms with Crippen LogP contribution in [0.1, 0.15) is 23.3 Å². The van der Waals surface area contributed by atoms with Crippen molar-refractivity contribution in [1.82, 2.24) is 9.88 Å². The second-order valence-corrected chi connectivity index (χ2v) is 4.90. The molecule has 2 aromatic rings. The third kappa shape index (κ3) is 2.52. The van der Waals surface area contributed by atoms with Crippen LogP contribution in [0.4, 0.5) is 0 Å². The van der Waals surface area contributed by atoms with Crippen molar-refractivity contribution in [2.45, 2.75) is 18.9 Å². The minimum Gasteiger partial charge on any atom is -0.480 e. The predicted octanol–water partition coefficient (Wildman–Crippen LogP) is 2.03. The Morgan fingerprint density at radius 1 is 1.29 bits per heavy atom. The first-order valence-electron chi connectivity index (χ1n) is 6.71. The summed E-state index contributed by atoms with van der Waals surface area (Å²) >= 11 is 0. The smallest absolute Gasteiger partial charge is 0.326 e. The zero-order valence-electron chi connectivity index (χ0n) is 11.2. The Kier molecular flexibility index (Phi) is 3.43. The van der Waals surface area contributed by atoms with E-state index in [0.717, 1.165) is 5.56 Å². The molecule has 0 spiro atoms. The van der Waals surface area contributed by atoms with Gasteiger partial charge in [-0.15, -0.1) is 0 Å². The summed E-state index contributed by atoms with van der Waals surface area (Å²) in [6.07, 6.45) is 2.44. The van der Waals surface area contributed by atoms with Crippen molar-refractivity contribution >= 4 is 11.9 Å². The van der Waals surface area contributed by atoms with Crippen LogP contribution in [-0.4, -0.2) is 39.5 Å². The molecule has 6 nitrogen and oxygen atoms in total. The number of carbonyl (C=O) groups excluding carboxylic acids is 1. The third-order valence-corrected chi connectivity index (χ3v) is 3.54. The van der Waals surface area contributed by atoms with Gasteiger partial charge in [0, 0.05) is 12.1 Å². The van der Waals surface area contributed by atoms with Gasteiger partial charge < -0.3 is 14.4 Å². The Labute approximate surface area is 121 Å². The minimum absolute atomic E-state index is 0.141. The average molecular weight is 286 g/mol. The van der Waals surface area contributed by atoms with Crippen LogP contribution in [-0.2, 0) is 4.79 Å². The molecule has 2 heterocycles. The molecule has 1 aromatic heterocycles. The van der Waals surface area contributed by atoms with Crippen LogP contribution in [0, 0.1) is 0 Å². The van der Waals surface area contributed by atoms with E-state index >= 15 is 0 Å². The van der Waals surface area contributed by atoms with Crippen molar-refractivity contribution in [1.29, 1.82) is 0 Å². The summed E-state index contributed by atoms with van der Waals surface area (Å²) < 4.78 is 5.32. The highest BCUT2D eigenvalue weighted by Crippen LogP contribution is 2.22. The van der Waals surface area contributed by atoms with E-state index in [1.54, 1.807) is 0 Å². The molecule has 1 aromatic carbocycles. The molecule has 1 N–H and O–H groups in total. The van der Waals surface area contributed by atoms with E-state index in [1.165, 1.54) is 11.2 Å². The van der Waals surface area contributed by atoms with Crippen molar-refractivity contribution in [3.8, 4) is 11.5 Å². The lowest BCUT2D eigenvalue weighted by Crippen LogP contribution is -2.40. The topological polar surface area (TPSA) is 83.6 Å². The summed E-state index contributed by atoms with van der Waals surface area (Å²) in [7, 11) is 0. The number of rotatable bonds is 3. The Balaban J connectivity index is 1.83. The molecule has 0 saturated carbocycles. The molecule has 1 saturated heterocycles. The van der Waals surface area contributed by atoms with Gasteiger partial charge in [0.15, 0.2) is 5.69 Å². The number of carboxylic acid groups (broad SMARTS) is 1. The molecule has 0 unspecified atom stereocenters. The second-order valence-electron chi connectivity index (χ2n) is 4.90. The van der Waals surface area contributed by atoms with Crippen molar-refractivity contribution in [2.75, 3.05) is 6.54 Å². The first kappa shape index (κ1) is 13.4. The molecule has 0 aliphatic carbocycles. The number of carboxylic acids is 1. The molecule has 0 radical (unpaired) electrons.